The monoisotopic (exact) mass is 262 g/mol. The summed E-state index contributed by atoms with van der Waals surface area (Å²) in [6, 6.07) is 12.1. The highest BCUT2D eigenvalue weighted by atomic mass is 79.9. The van der Waals surface area contributed by atoms with E-state index in [2.05, 4.69) is 28.1 Å². The third kappa shape index (κ3) is 1.82. The molecule has 2 aromatic rings. The first-order valence-corrected chi connectivity index (χ1v) is 5.66. The number of rotatable bonds is 2. The number of benzene rings is 2. The number of halogens is 1. The van der Waals surface area contributed by atoms with E-state index in [4.69, 9.17) is 0 Å². The molecule has 1 atom stereocenters. The van der Waals surface area contributed by atoms with Crippen LogP contribution in [0, 0.1) is 0 Å². The molecule has 0 amide bonds. The summed E-state index contributed by atoms with van der Waals surface area (Å²) in [5.41, 5.74) is 1.09. The lowest BCUT2D eigenvalue weighted by Crippen LogP contribution is -1.95. The van der Waals surface area contributed by atoms with Crippen molar-refractivity contribution in [2.24, 2.45) is 0 Å². The Labute approximate surface area is 97.2 Å². The molecule has 76 valence electrons. The molecule has 0 aromatic heterocycles. The van der Waals surface area contributed by atoms with Gasteiger partial charge in [-0.25, -0.2) is 0 Å². The summed E-state index contributed by atoms with van der Waals surface area (Å²) < 4.78 is 1.07. The average Bonchev–Trinajstić information content (AvgIpc) is 2.28. The van der Waals surface area contributed by atoms with Crippen LogP contribution >= 0.6 is 15.9 Å². The van der Waals surface area contributed by atoms with Crippen molar-refractivity contribution in [3.63, 3.8) is 0 Å². The first-order valence-electron chi connectivity index (χ1n) is 4.86. The Kier molecular flexibility index (Phi) is 2.87. The minimum atomic E-state index is -0.0528. The largest absolute Gasteiger partial charge is 0.303 e. The van der Waals surface area contributed by atoms with Crippen molar-refractivity contribution < 1.29 is 4.79 Å². The summed E-state index contributed by atoms with van der Waals surface area (Å²) in [6.07, 6.45) is 0.982. The van der Waals surface area contributed by atoms with Gasteiger partial charge in [0.05, 0.1) is 0 Å². The highest BCUT2D eigenvalue weighted by molar-refractivity contribution is 9.10. The smallest absolute Gasteiger partial charge is 0.127 e. The molecule has 0 aliphatic heterocycles. The fourth-order valence-electron chi connectivity index (χ4n) is 1.77. The molecule has 1 nitrogen and oxygen atoms in total. The lowest BCUT2D eigenvalue weighted by molar-refractivity contribution is -0.108. The van der Waals surface area contributed by atoms with Gasteiger partial charge < -0.3 is 4.79 Å². The molecule has 0 saturated heterocycles. The molecule has 0 saturated carbocycles. The highest BCUT2D eigenvalue weighted by Gasteiger charge is 2.08. The second-order valence-electron chi connectivity index (χ2n) is 3.61. The average molecular weight is 263 g/mol. The summed E-state index contributed by atoms with van der Waals surface area (Å²) in [5.74, 6) is -0.0528. The van der Waals surface area contributed by atoms with Gasteiger partial charge in [0.25, 0.3) is 0 Å². The van der Waals surface area contributed by atoms with E-state index in [1.165, 1.54) is 0 Å². The second-order valence-corrected chi connectivity index (χ2v) is 4.46. The van der Waals surface area contributed by atoms with Crippen LogP contribution < -0.4 is 0 Å². The molecular formula is C13H11BrO. The molecule has 0 heterocycles. The molecule has 2 rings (SSSR count). The van der Waals surface area contributed by atoms with E-state index >= 15 is 0 Å². The third-order valence-corrected chi connectivity index (χ3v) is 3.29. The highest BCUT2D eigenvalue weighted by Crippen LogP contribution is 2.29. The molecule has 0 radical (unpaired) electrons. The molecular weight excluding hydrogens is 252 g/mol. The van der Waals surface area contributed by atoms with E-state index in [9.17, 15) is 4.79 Å². The first-order chi connectivity index (χ1) is 7.24. The molecule has 2 aromatic carbocycles. The van der Waals surface area contributed by atoms with E-state index in [1.54, 1.807) is 0 Å². The van der Waals surface area contributed by atoms with Crippen LogP contribution in [0.15, 0.2) is 40.9 Å². The molecule has 1 unspecified atom stereocenters. The van der Waals surface area contributed by atoms with Crippen molar-refractivity contribution in [2.75, 3.05) is 0 Å². The molecule has 2 heteroatoms. The van der Waals surface area contributed by atoms with Gasteiger partial charge in [0.1, 0.15) is 6.29 Å². The van der Waals surface area contributed by atoms with Crippen molar-refractivity contribution in [2.45, 2.75) is 12.8 Å². The Balaban J connectivity index is 2.76. The predicted octanol–water partition coefficient (Wildman–Crippen LogP) is 3.90. The number of carbonyl (C=O) groups is 1. The van der Waals surface area contributed by atoms with E-state index in [0.29, 0.717) is 0 Å². The lowest BCUT2D eigenvalue weighted by Gasteiger charge is -2.09. The van der Waals surface area contributed by atoms with Crippen LogP contribution in [0.3, 0.4) is 0 Å². The molecule has 0 bridgehead atoms. The maximum Gasteiger partial charge on any atom is 0.127 e. The number of aldehydes is 1. The van der Waals surface area contributed by atoms with Gasteiger partial charge in [0.2, 0.25) is 0 Å². The fourth-order valence-corrected chi connectivity index (χ4v) is 2.26. The zero-order valence-electron chi connectivity index (χ0n) is 8.41. The summed E-state index contributed by atoms with van der Waals surface area (Å²) in [6.45, 7) is 1.92. The zero-order valence-corrected chi connectivity index (χ0v) is 9.99. The van der Waals surface area contributed by atoms with E-state index in [-0.39, 0.29) is 5.92 Å². The molecule has 15 heavy (non-hydrogen) atoms. The second kappa shape index (κ2) is 4.15. The maximum absolute atomic E-state index is 10.8. The van der Waals surface area contributed by atoms with Crippen LogP contribution in [-0.2, 0) is 4.79 Å². The number of hydrogen-bond donors (Lipinski definition) is 0. The Morgan fingerprint density at radius 2 is 1.80 bits per heavy atom. The van der Waals surface area contributed by atoms with Crippen LogP contribution in [0.4, 0.5) is 0 Å². The standard InChI is InChI=1S/C13H11BrO/c1-9(8-15)10-4-2-6-12-11(10)5-3-7-13(12)14/h2-9H,1H3. The van der Waals surface area contributed by atoms with Gasteiger partial charge in [0.15, 0.2) is 0 Å². The quantitative estimate of drug-likeness (QED) is 0.751. The minimum absolute atomic E-state index is 0.0528. The number of carbonyl (C=O) groups excluding carboxylic acids is 1. The normalized spacial score (nSPS) is 12.7. The van der Waals surface area contributed by atoms with Crippen LogP contribution in [0.2, 0.25) is 0 Å². The van der Waals surface area contributed by atoms with Crippen molar-refractivity contribution in [3.8, 4) is 0 Å². The number of fused-ring (bicyclic) bond motifs is 1. The van der Waals surface area contributed by atoms with Gasteiger partial charge in [-0.1, -0.05) is 53.2 Å². The van der Waals surface area contributed by atoms with Gasteiger partial charge in [-0.3, -0.25) is 0 Å². The van der Waals surface area contributed by atoms with Gasteiger partial charge >= 0.3 is 0 Å². The van der Waals surface area contributed by atoms with Gasteiger partial charge in [-0.05, 0) is 22.4 Å². The molecule has 0 N–H and O–H groups in total. The van der Waals surface area contributed by atoms with Gasteiger partial charge in [-0.2, -0.15) is 0 Å². The van der Waals surface area contributed by atoms with Gasteiger partial charge in [0, 0.05) is 10.4 Å². The van der Waals surface area contributed by atoms with Crippen LogP contribution in [0.5, 0.6) is 0 Å². The molecule has 0 spiro atoms. The Hall–Kier alpha value is -1.15. The Morgan fingerprint density at radius 1 is 1.13 bits per heavy atom. The van der Waals surface area contributed by atoms with Crippen molar-refractivity contribution in [3.05, 3.63) is 46.4 Å². The van der Waals surface area contributed by atoms with E-state index < -0.39 is 0 Å². The van der Waals surface area contributed by atoms with Crippen molar-refractivity contribution in [1.29, 1.82) is 0 Å². The maximum atomic E-state index is 10.8. The predicted molar refractivity (Wildman–Crippen MR) is 66.1 cm³/mol. The van der Waals surface area contributed by atoms with E-state index in [1.807, 2.05) is 31.2 Å². The van der Waals surface area contributed by atoms with Crippen molar-refractivity contribution in [1.82, 2.24) is 0 Å². The van der Waals surface area contributed by atoms with E-state index in [0.717, 1.165) is 27.1 Å². The third-order valence-electron chi connectivity index (χ3n) is 2.60. The first kappa shape index (κ1) is 10.4. The van der Waals surface area contributed by atoms with Crippen molar-refractivity contribution >= 4 is 33.0 Å². The molecule has 0 aliphatic rings. The Morgan fingerprint density at radius 3 is 2.53 bits per heavy atom. The van der Waals surface area contributed by atoms with Crippen LogP contribution in [-0.4, -0.2) is 6.29 Å². The lowest BCUT2D eigenvalue weighted by atomic mass is 9.96. The summed E-state index contributed by atoms with van der Waals surface area (Å²) in [5, 5.41) is 2.30. The summed E-state index contributed by atoms with van der Waals surface area (Å²) in [4.78, 5) is 10.8. The SMILES string of the molecule is CC(C=O)c1cccc2c(Br)cccc12. The minimum Gasteiger partial charge on any atom is -0.303 e. The molecule has 0 fully saturated rings. The summed E-state index contributed by atoms with van der Waals surface area (Å²) >= 11 is 3.51. The summed E-state index contributed by atoms with van der Waals surface area (Å²) in [7, 11) is 0. The number of hydrogen-bond acceptors (Lipinski definition) is 1. The van der Waals surface area contributed by atoms with Crippen LogP contribution in [0.25, 0.3) is 10.8 Å². The fraction of sp³-hybridized carbons (Fsp3) is 0.154. The molecule has 0 aliphatic carbocycles. The Bertz CT molecular complexity index is 505. The topological polar surface area (TPSA) is 17.1 Å². The van der Waals surface area contributed by atoms with Crippen LogP contribution in [0.1, 0.15) is 18.4 Å². The van der Waals surface area contributed by atoms with Gasteiger partial charge in [-0.15, -0.1) is 0 Å². The zero-order chi connectivity index (χ0) is 10.8.